The van der Waals surface area contributed by atoms with Gasteiger partial charge in [-0.3, -0.25) is 9.58 Å². The summed E-state index contributed by atoms with van der Waals surface area (Å²) in [6, 6.07) is 1.81. The fourth-order valence-corrected chi connectivity index (χ4v) is 4.26. The number of aliphatic hydroxyl groups excluding tert-OH is 1. The quantitative estimate of drug-likeness (QED) is 0.809. The summed E-state index contributed by atoms with van der Waals surface area (Å²) in [6.07, 6.45) is 0.973. The number of aromatic nitrogens is 3. The number of aryl methyl sites for hydroxylation is 1. The van der Waals surface area contributed by atoms with Crippen LogP contribution in [0.15, 0.2) is 11.4 Å². The number of hydrogen-bond acceptors (Lipinski definition) is 7. The standard InChI is InChI=1S/C15H22N4O3S2/c1-11-16-12(9-23-11)3-4-18-5-6-19-13(8-18)7-14(17-19)15(20)10-24(2,21)22/h7,9,15,20H,3-6,8,10H2,1-2H3/t15-/m1/s1. The Morgan fingerprint density at radius 1 is 1.42 bits per heavy atom. The summed E-state index contributed by atoms with van der Waals surface area (Å²) in [5.74, 6) is -0.295. The van der Waals surface area contributed by atoms with Crippen molar-refractivity contribution in [2.45, 2.75) is 32.5 Å². The van der Waals surface area contributed by atoms with E-state index >= 15 is 0 Å². The highest BCUT2D eigenvalue weighted by molar-refractivity contribution is 7.90. The molecule has 1 atom stereocenters. The predicted octanol–water partition coefficient (Wildman–Crippen LogP) is 0.784. The van der Waals surface area contributed by atoms with E-state index in [4.69, 9.17) is 0 Å². The van der Waals surface area contributed by atoms with Crippen molar-refractivity contribution in [1.29, 1.82) is 0 Å². The number of sulfone groups is 1. The van der Waals surface area contributed by atoms with Crippen molar-refractivity contribution < 1.29 is 13.5 Å². The number of fused-ring (bicyclic) bond motifs is 1. The molecule has 1 aliphatic rings. The van der Waals surface area contributed by atoms with Gasteiger partial charge in [-0.25, -0.2) is 13.4 Å². The van der Waals surface area contributed by atoms with Gasteiger partial charge in [0.15, 0.2) is 0 Å². The monoisotopic (exact) mass is 370 g/mol. The van der Waals surface area contributed by atoms with Crippen molar-refractivity contribution >= 4 is 21.2 Å². The molecule has 1 N–H and O–H groups in total. The normalized spacial score (nSPS) is 17.0. The maximum atomic E-state index is 11.3. The van der Waals surface area contributed by atoms with Gasteiger partial charge in [-0.05, 0) is 13.0 Å². The zero-order chi connectivity index (χ0) is 17.3. The lowest BCUT2D eigenvalue weighted by molar-refractivity contribution is 0.193. The lowest BCUT2D eigenvalue weighted by Crippen LogP contribution is -2.35. The highest BCUT2D eigenvalue weighted by atomic mass is 32.2. The molecule has 3 rings (SSSR count). The van der Waals surface area contributed by atoms with Crippen molar-refractivity contribution in [2.75, 3.05) is 25.1 Å². The summed E-state index contributed by atoms with van der Waals surface area (Å²) in [7, 11) is -3.24. The van der Waals surface area contributed by atoms with Crippen LogP contribution in [0.2, 0.25) is 0 Å². The van der Waals surface area contributed by atoms with Crippen molar-refractivity contribution in [1.82, 2.24) is 19.7 Å². The van der Waals surface area contributed by atoms with Crippen LogP contribution < -0.4 is 0 Å². The number of hydrogen-bond donors (Lipinski definition) is 1. The van der Waals surface area contributed by atoms with E-state index in [9.17, 15) is 13.5 Å². The highest BCUT2D eigenvalue weighted by Gasteiger charge is 2.23. The van der Waals surface area contributed by atoms with Crippen LogP contribution in [0.4, 0.5) is 0 Å². The number of rotatable bonds is 6. The molecule has 0 radical (unpaired) electrons. The molecule has 0 bridgehead atoms. The Bertz CT molecular complexity index is 813. The maximum absolute atomic E-state index is 11.3. The Labute approximate surface area is 145 Å². The average Bonchev–Trinajstić information content (AvgIpc) is 3.08. The van der Waals surface area contributed by atoms with Crippen LogP contribution in [0.5, 0.6) is 0 Å². The Balaban J connectivity index is 1.61. The molecule has 0 unspecified atom stereocenters. The second kappa shape index (κ2) is 6.91. The van der Waals surface area contributed by atoms with Crippen LogP contribution in [-0.2, 0) is 29.3 Å². The van der Waals surface area contributed by atoms with Crippen molar-refractivity contribution in [3.63, 3.8) is 0 Å². The molecule has 0 saturated heterocycles. The molecular formula is C15H22N4O3S2. The minimum absolute atomic E-state index is 0.295. The summed E-state index contributed by atoms with van der Waals surface area (Å²) >= 11 is 1.67. The molecular weight excluding hydrogens is 348 g/mol. The predicted molar refractivity (Wildman–Crippen MR) is 92.7 cm³/mol. The molecule has 0 aliphatic carbocycles. The van der Waals surface area contributed by atoms with Gasteiger partial charge in [-0.15, -0.1) is 11.3 Å². The first-order valence-electron chi connectivity index (χ1n) is 7.86. The molecule has 2 aromatic rings. The van der Waals surface area contributed by atoms with Crippen molar-refractivity contribution in [2.24, 2.45) is 0 Å². The topological polar surface area (TPSA) is 88.3 Å². The molecule has 0 amide bonds. The molecule has 1 aliphatic heterocycles. The van der Waals surface area contributed by atoms with Gasteiger partial charge in [-0.1, -0.05) is 0 Å². The van der Waals surface area contributed by atoms with Crippen LogP contribution in [-0.4, -0.2) is 58.3 Å². The lowest BCUT2D eigenvalue weighted by Gasteiger charge is -2.27. The second-order valence-corrected chi connectivity index (χ2v) is 9.52. The molecule has 24 heavy (non-hydrogen) atoms. The third-order valence-corrected chi connectivity index (χ3v) is 5.79. The zero-order valence-corrected chi connectivity index (χ0v) is 15.5. The third kappa shape index (κ3) is 4.41. The van der Waals surface area contributed by atoms with Gasteiger partial charge in [0.1, 0.15) is 15.9 Å². The van der Waals surface area contributed by atoms with Crippen LogP contribution in [0.1, 0.15) is 28.2 Å². The summed E-state index contributed by atoms with van der Waals surface area (Å²) < 4.78 is 24.5. The SMILES string of the molecule is Cc1nc(CCN2CCn3nc([C@H](O)CS(C)(=O)=O)cc3C2)cs1. The maximum Gasteiger partial charge on any atom is 0.150 e. The smallest absolute Gasteiger partial charge is 0.150 e. The van der Waals surface area contributed by atoms with E-state index < -0.39 is 15.9 Å². The van der Waals surface area contributed by atoms with Gasteiger partial charge >= 0.3 is 0 Å². The van der Waals surface area contributed by atoms with Crippen LogP contribution in [0, 0.1) is 6.92 Å². The number of nitrogens with zero attached hydrogens (tertiary/aromatic N) is 4. The van der Waals surface area contributed by atoms with E-state index in [0.717, 1.165) is 55.3 Å². The summed E-state index contributed by atoms with van der Waals surface area (Å²) in [5, 5.41) is 17.6. The van der Waals surface area contributed by atoms with E-state index in [1.54, 1.807) is 11.3 Å². The van der Waals surface area contributed by atoms with Gasteiger partial charge in [0.2, 0.25) is 0 Å². The Morgan fingerprint density at radius 2 is 2.21 bits per heavy atom. The lowest BCUT2D eigenvalue weighted by atomic mass is 10.2. The minimum atomic E-state index is -3.24. The van der Waals surface area contributed by atoms with Gasteiger partial charge in [0.25, 0.3) is 0 Å². The van der Waals surface area contributed by atoms with Gasteiger partial charge < -0.3 is 5.11 Å². The van der Waals surface area contributed by atoms with E-state index in [0.29, 0.717) is 5.69 Å². The minimum Gasteiger partial charge on any atom is -0.386 e. The van der Waals surface area contributed by atoms with Crippen molar-refractivity contribution in [3.8, 4) is 0 Å². The Kier molecular flexibility index (Phi) is 5.05. The first-order valence-corrected chi connectivity index (χ1v) is 10.8. The fourth-order valence-electron chi connectivity index (χ4n) is 2.86. The molecule has 0 aromatic carbocycles. The Hall–Kier alpha value is -1.29. The van der Waals surface area contributed by atoms with E-state index in [-0.39, 0.29) is 5.75 Å². The van der Waals surface area contributed by atoms with E-state index in [1.165, 1.54) is 0 Å². The molecule has 7 nitrogen and oxygen atoms in total. The molecule has 3 heterocycles. The second-order valence-electron chi connectivity index (χ2n) is 6.28. The molecule has 9 heteroatoms. The van der Waals surface area contributed by atoms with E-state index in [1.807, 2.05) is 17.7 Å². The molecule has 0 fully saturated rings. The molecule has 132 valence electrons. The summed E-state index contributed by atoms with van der Waals surface area (Å²) in [5.41, 5.74) is 2.58. The van der Waals surface area contributed by atoms with Crippen LogP contribution >= 0.6 is 11.3 Å². The summed E-state index contributed by atoms with van der Waals surface area (Å²) in [6.45, 7) is 5.32. The first kappa shape index (κ1) is 17.5. The van der Waals surface area contributed by atoms with Gasteiger partial charge in [-0.2, -0.15) is 5.10 Å². The van der Waals surface area contributed by atoms with E-state index in [2.05, 4.69) is 20.4 Å². The molecule has 0 saturated carbocycles. The zero-order valence-electron chi connectivity index (χ0n) is 13.8. The van der Waals surface area contributed by atoms with Gasteiger partial charge in [0.05, 0.1) is 34.4 Å². The average molecular weight is 371 g/mol. The van der Waals surface area contributed by atoms with Gasteiger partial charge in [0, 0.05) is 37.7 Å². The molecule has 2 aromatic heterocycles. The highest BCUT2D eigenvalue weighted by Crippen LogP contribution is 2.19. The summed E-state index contributed by atoms with van der Waals surface area (Å²) in [4.78, 5) is 6.82. The first-order chi connectivity index (χ1) is 11.3. The Morgan fingerprint density at radius 3 is 2.88 bits per heavy atom. The van der Waals surface area contributed by atoms with Crippen LogP contribution in [0.25, 0.3) is 0 Å². The number of thiazole rings is 1. The fraction of sp³-hybridized carbons (Fsp3) is 0.600. The third-order valence-electron chi connectivity index (χ3n) is 4.05. The largest absolute Gasteiger partial charge is 0.386 e. The van der Waals surface area contributed by atoms with Crippen molar-refractivity contribution in [3.05, 3.63) is 33.5 Å². The molecule has 0 spiro atoms. The number of aliphatic hydroxyl groups is 1. The van der Waals surface area contributed by atoms with Crippen LogP contribution in [0.3, 0.4) is 0 Å².